The molecule has 1 atom stereocenters. The minimum absolute atomic E-state index is 0.399. The van der Waals surface area contributed by atoms with E-state index in [1.807, 2.05) is 24.3 Å². The summed E-state index contributed by atoms with van der Waals surface area (Å²) in [6, 6.07) is 8.00. The Balaban J connectivity index is 1.87. The third kappa shape index (κ3) is 2.89. The van der Waals surface area contributed by atoms with Crippen LogP contribution in [-0.4, -0.2) is 10.1 Å². The summed E-state index contributed by atoms with van der Waals surface area (Å²) in [4.78, 5) is 4.47. The molecule has 3 heteroatoms. The predicted molar refractivity (Wildman–Crippen MR) is 85.6 cm³/mol. The first-order valence-electron chi connectivity index (χ1n) is 7.47. The highest BCUT2D eigenvalue weighted by Crippen LogP contribution is 2.35. The Kier molecular flexibility index (Phi) is 4.37. The third-order valence-corrected chi connectivity index (χ3v) is 5.08. The van der Waals surface area contributed by atoms with Crippen molar-refractivity contribution in [3.63, 3.8) is 0 Å². The number of fused-ring (bicyclic) bond motifs is 1. The summed E-state index contributed by atoms with van der Waals surface area (Å²) in [5.74, 6) is 0.668. The van der Waals surface area contributed by atoms with Crippen LogP contribution in [0.1, 0.15) is 50.2 Å². The molecule has 1 aliphatic rings. The topological polar surface area (TPSA) is 33.1 Å². The van der Waals surface area contributed by atoms with E-state index in [9.17, 15) is 5.11 Å². The highest BCUT2D eigenvalue weighted by Gasteiger charge is 2.20. The van der Waals surface area contributed by atoms with Crippen molar-refractivity contribution in [1.29, 1.82) is 0 Å². The van der Waals surface area contributed by atoms with Gasteiger partial charge in [0.25, 0.3) is 0 Å². The second-order valence-electron chi connectivity index (χ2n) is 5.79. The fourth-order valence-corrected chi connectivity index (χ4v) is 3.75. The van der Waals surface area contributed by atoms with E-state index in [1.165, 1.54) is 32.1 Å². The second kappa shape index (κ2) is 6.23. The maximum absolute atomic E-state index is 10.6. The fraction of sp³-hybridized carbons (Fsp3) is 0.471. The number of pyridine rings is 1. The van der Waals surface area contributed by atoms with Crippen LogP contribution in [0, 0.1) is 5.92 Å². The van der Waals surface area contributed by atoms with Crippen molar-refractivity contribution >= 4 is 26.8 Å². The van der Waals surface area contributed by atoms with Crippen molar-refractivity contribution in [3.8, 4) is 0 Å². The Labute approximate surface area is 128 Å². The van der Waals surface area contributed by atoms with Crippen LogP contribution in [0.3, 0.4) is 0 Å². The average molecular weight is 334 g/mol. The van der Waals surface area contributed by atoms with Gasteiger partial charge in [0.1, 0.15) is 0 Å². The van der Waals surface area contributed by atoms with E-state index in [0.717, 1.165) is 27.4 Å². The van der Waals surface area contributed by atoms with Crippen molar-refractivity contribution in [1.82, 2.24) is 4.98 Å². The molecule has 0 saturated heterocycles. The van der Waals surface area contributed by atoms with Gasteiger partial charge in [-0.05, 0) is 24.5 Å². The van der Waals surface area contributed by atoms with Gasteiger partial charge in [0.05, 0.1) is 11.6 Å². The number of rotatable bonds is 3. The van der Waals surface area contributed by atoms with Gasteiger partial charge < -0.3 is 5.11 Å². The summed E-state index contributed by atoms with van der Waals surface area (Å²) < 4.78 is 1.04. The molecular weight excluding hydrogens is 314 g/mol. The van der Waals surface area contributed by atoms with Crippen LogP contribution in [0.2, 0.25) is 0 Å². The monoisotopic (exact) mass is 333 g/mol. The zero-order valence-electron chi connectivity index (χ0n) is 11.6. The van der Waals surface area contributed by atoms with Gasteiger partial charge in [-0.25, -0.2) is 0 Å². The second-order valence-corrected chi connectivity index (χ2v) is 6.65. The van der Waals surface area contributed by atoms with E-state index >= 15 is 0 Å². The van der Waals surface area contributed by atoms with Gasteiger partial charge in [0, 0.05) is 21.6 Å². The number of aliphatic hydroxyl groups excluding tert-OH is 1. The molecule has 1 unspecified atom stereocenters. The molecule has 1 N–H and O–H groups in total. The van der Waals surface area contributed by atoms with E-state index < -0.39 is 6.10 Å². The Morgan fingerprint density at radius 3 is 2.80 bits per heavy atom. The first-order chi connectivity index (χ1) is 9.75. The Morgan fingerprint density at radius 1 is 1.20 bits per heavy atom. The SMILES string of the molecule is OC(CC1CCCCC1)c1ccc(Br)c2cccnc12. The molecule has 0 spiro atoms. The zero-order chi connectivity index (χ0) is 13.9. The lowest BCUT2D eigenvalue weighted by Crippen LogP contribution is -2.11. The highest BCUT2D eigenvalue weighted by molar-refractivity contribution is 9.10. The van der Waals surface area contributed by atoms with Gasteiger partial charge in [-0.3, -0.25) is 4.98 Å². The van der Waals surface area contributed by atoms with Crippen molar-refractivity contribution in [2.24, 2.45) is 5.92 Å². The Morgan fingerprint density at radius 2 is 2.00 bits per heavy atom. The number of nitrogens with zero attached hydrogens (tertiary/aromatic N) is 1. The predicted octanol–water partition coefficient (Wildman–Crippen LogP) is 5.00. The molecule has 2 nitrogen and oxygen atoms in total. The summed E-state index contributed by atoms with van der Waals surface area (Å²) in [5.41, 5.74) is 1.89. The lowest BCUT2D eigenvalue weighted by Gasteiger charge is -2.24. The molecule has 106 valence electrons. The summed E-state index contributed by atoms with van der Waals surface area (Å²) in [6.07, 6.45) is 8.78. The van der Waals surface area contributed by atoms with E-state index in [1.54, 1.807) is 6.20 Å². The minimum atomic E-state index is -0.399. The van der Waals surface area contributed by atoms with Gasteiger partial charge in [0.15, 0.2) is 0 Å². The molecule has 0 amide bonds. The van der Waals surface area contributed by atoms with Gasteiger partial charge in [-0.15, -0.1) is 0 Å². The standard InChI is InChI=1S/C17H20BrNO/c18-15-9-8-14(17-13(15)7-4-10-19-17)16(20)11-12-5-2-1-3-6-12/h4,7-10,12,16,20H,1-3,5-6,11H2. The van der Waals surface area contributed by atoms with Gasteiger partial charge in [-0.2, -0.15) is 0 Å². The summed E-state index contributed by atoms with van der Waals surface area (Å²) in [7, 11) is 0. The van der Waals surface area contributed by atoms with Crippen LogP contribution >= 0.6 is 15.9 Å². The highest BCUT2D eigenvalue weighted by atomic mass is 79.9. The zero-order valence-corrected chi connectivity index (χ0v) is 13.1. The van der Waals surface area contributed by atoms with Crippen LogP contribution in [0.5, 0.6) is 0 Å². The van der Waals surface area contributed by atoms with Gasteiger partial charge >= 0.3 is 0 Å². The summed E-state index contributed by atoms with van der Waals surface area (Å²) >= 11 is 3.56. The lowest BCUT2D eigenvalue weighted by atomic mass is 9.84. The number of hydrogen-bond donors (Lipinski definition) is 1. The quantitative estimate of drug-likeness (QED) is 0.857. The Bertz CT molecular complexity index is 593. The molecule has 1 fully saturated rings. The van der Waals surface area contributed by atoms with Crippen LogP contribution < -0.4 is 0 Å². The molecule has 3 rings (SSSR count). The lowest BCUT2D eigenvalue weighted by molar-refractivity contribution is 0.132. The summed E-state index contributed by atoms with van der Waals surface area (Å²) in [6.45, 7) is 0. The molecule has 20 heavy (non-hydrogen) atoms. The first kappa shape index (κ1) is 14.0. The third-order valence-electron chi connectivity index (χ3n) is 4.39. The maximum Gasteiger partial charge on any atom is 0.0813 e. The van der Waals surface area contributed by atoms with Crippen molar-refractivity contribution in [2.75, 3.05) is 0 Å². The molecule has 1 heterocycles. The Hall–Kier alpha value is -0.930. The van der Waals surface area contributed by atoms with E-state index in [2.05, 4.69) is 20.9 Å². The summed E-state index contributed by atoms with van der Waals surface area (Å²) in [5, 5.41) is 11.7. The van der Waals surface area contributed by atoms with E-state index in [-0.39, 0.29) is 0 Å². The van der Waals surface area contributed by atoms with Crippen LogP contribution in [0.15, 0.2) is 34.9 Å². The van der Waals surface area contributed by atoms with Crippen LogP contribution in [0.4, 0.5) is 0 Å². The van der Waals surface area contributed by atoms with Gasteiger partial charge in [0.2, 0.25) is 0 Å². The number of hydrogen-bond acceptors (Lipinski definition) is 2. The smallest absolute Gasteiger partial charge is 0.0813 e. The van der Waals surface area contributed by atoms with Crippen LogP contribution in [0.25, 0.3) is 10.9 Å². The van der Waals surface area contributed by atoms with Crippen molar-refractivity contribution in [2.45, 2.75) is 44.6 Å². The number of aliphatic hydroxyl groups is 1. The number of halogens is 1. The molecule has 2 aromatic rings. The molecule has 1 aromatic carbocycles. The minimum Gasteiger partial charge on any atom is -0.388 e. The molecule has 1 aromatic heterocycles. The van der Waals surface area contributed by atoms with E-state index in [4.69, 9.17) is 0 Å². The van der Waals surface area contributed by atoms with Crippen molar-refractivity contribution < 1.29 is 5.11 Å². The maximum atomic E-state index is 10.6. The largest absolute Gasteiger partial charge is 0.388 e. The average Bonchev–Trinajstić information content (AvgIpc) is 2.49. The molecule has 1 aliphatic carbocycles. The first-order valence-corrected chi connectivity index (χ1v) is 8.26. The molecule has 0 bridgehead atoms. The molecule has 0 radical (unpaired) electrons. The van der Waals surface area contributed by atoms with Crippen LogP contribution in [-0.2, 0) is 0 Å². The van der Waals surface area contributed by atoms with Crippen molar-refractivity contribution in [3.05, 3.63) is 40.5 Å². The number of aromatic nitrogens is 1. The normalized spacial score (nSPS) is 18.3. The van der Waals surface area contributed by atoms with Gasteiger partial charge in [-0.1, -0.05) is 60.2 Å². The molecule has 1 saturated carbocycles. The van der Waals surface area contributed by atoms with E-state index in [0.29, 0.717) is 5.92 Å². The molecular formula is C17H20BrNO. The fourth-order valence-electron chi connectivity index (χ4n) is 3.29. The number of benzene rings is 1. The molecule has 0 aliphatic heterocycles.